The van der Waals surface area contributed by atoms with Crippen molar-refractivity contribution in [2.45, 2.75) is 64.5 Å². The quantitative estimate of drug-likeness (QED) is 0.583. The summed E-state index contributed by atoms with van der Waals surface area (Å²) in [6.07, 6.45) is 7.06. The number of likely N-dealkylation sites (tertiary alicyclic amines) is 1. The van der Waals surface area contributed by atoms with E-state index in [1.807, 2.05) is 43.6 Å². The Labute approximate surface area is 174 Å². The number of aryl methyl sites for hydroxylation is 1. The summed E-state index contributed by atoms with van der Waals surface area (Å²) in [7, 11) is 1.96. The Bertz CT molecular complexity index is 719. The van der Waals surface area contributed by atoms with Crippen molar-refractivity contribution in [1.82, 2.24) is 24.9 Å². The van der Waals surface area contributed by atoms with E-state index in [4.69, 9.17) is 9.73 Å². The summed E-state index contributed by atoms with van der Waals surface area (Å²) in [4.78, 5) is 21.5. The number of aromatic nitrogens is 2. The van der Waals surface area contributed by atoms with Crippen LogP contribution in [0.25, 0.3) is 0 Å². The molecule has 3 rings (SSSR count). The minimum atomic E-state index is -0.473. The molecule has 8 heteroatoms. The van der Waals surface area contributed by atoms with Crippen LogP contribution in [0.15, 0.2) is 17.4 Å². The largest absolute Gasteiger partial charge is 0.444 e. The molecule has 162 valence electrons. The highest BCUT2D eigenvalue weighted by molar-refractivity contribution is 5.80. The fourth-order valence-corrected chi connectivity index (χ4v) is 3.69. The van der Waals surface area contributed by atoms with Crippen molar-refractivity contribution < 1.29 is 9.53 Å². The first-order valence-corrected chi connectivity index (χ1v) is 10.8. The molecule has 1 aromatic rings. The van der Waals surface area contributed by atoms with E-state index >= 15 is 0 Å². The van der Waals surface area contributed by atoms with Crippen molar-refractivity contribution in [2.75, 3.05) is 32.7 Å². The molecule has 1 unspecified atom stereocenters. The van der Waals surface area contributed by atoms with E-state index in [0.717, 1.165) is 44.9 Å². The molecule has 1 saturated carbocycles. The third kappa shape index (κ3) is 6.11. The van der Waals surface area contributed by atoms with Crippen molar-refractivity contribution >= 4 is 12.1 Å². The van der Waals surface area contributed by atoms with E-state index in [-0.39, 0.29) is 6.09 Å². The zero-order valence-corrected chi connectivity index (χ0v) is 18.5. The normalized spacial score (nSPS) is 20.1. The average molecular weight is 405 g/mol. The molecule has 8 nitrogen and oxygen atoms in total. The van der Waals surface area contributed by atoms with Crippen LogP contribution in [-0.2, 0) is 11.8 Å². The van der Waals surface area contributed by atoms with Crippen LogP contribution in [0.2, 0.25) is 0 Å². The number of nitrogens with one attached hydrogen (secondary N) is 1. The lowest BCUT2D eigenvalue weighted by atomic mass is 10.0. The molecular weight excluding hydrogens is 368 g/mol. The van der Waals surface area contributed by atoms with Gasteiger partial charge in [0.05, 0.1) is 12.7 Å². The van der Waals surface area contributed by atoms with Gasteiger partial charge in [0.2, 0.25) is 0 Å². The van der Waals surface area contributed by atoms with E-state index in [9.17, 15) is 4.79 Å². The summed E-state index contributed by atoms with van der Waals surface area (Å²) in [5.74, 6) is 1.41. The second-order valence-electron chi connectivity index (χ2n) is 9.02. The van der Waals surface area contributed by atoms with Crippen molar-refractivity contribution in [3.05, 3.63) is 18.0 Å². The summed E-state index contributed by atoms with van der Waals surface area (Å²) in [6, 6.07) is 0.310. The third-order valence-corrected chi connectivity index (χ3v) is 5.24. The van der Waals surface area contributed by atoms with E-state index in [2.05, 4.69) is 28.4 Å². The molecule has 1 aliphatic heterocycles. The number of guanidine groups is 1. The second-order valence-corrected chi connectivity index (χ2v) is 9.02. The minimum Gasteiger partial charge on any atom is -0.444 e. The topological polar surface area (TPSA) is 75.0 Å². The van der Waals surface area contributed by atoms with Gasteiger partial charge in [0.15, 0.2) is 5.96 Å². The van der Waals surface area contributed by atoms with Crippen LogP contribution < -0.4 is 5.32 Å². The minimum absolute atomic E-state index is 0.224. The van der Waals surface area contributed by atoms with E-state index in [1.54, 1.807) is 0 Å². The zero-order valence-electron chi connectivity index (χ0n) is 18.5. The van der Waals surface area contributed by atoms with Gasteiger partial charge in [0.1, 0.15) is 5.60 Å². The lowest BCUT2D eigenvalue weighted by Crippen LogP contribution is -2.42. The fraction of sp³-hybridized carbons (Fsp3) is 0.762. The number of carbonyl (C=O) groups excluding carboxylic acids is 1. The monoisotopic (exact) mass is 404 g/mol. The Morgan fingerprint density at radius 3 is 2.72 bits per heavy atom. The highest BCUT2D eigenvalue weighted by Crippen LogP contribution is 2.29. The molecule has 1 saturated heterocycles. The SMILES string of the molecule is CCNC(=NCCN(C(=O)OC(C)(C)C)C1CC1)N1CCC(c2cnn(C)c2)C1. The lowest BCUT2D eigenvalue weighted by molar-refractivity contribution is 0.0240. The number of hydrogen-bond acceptors (Lipinski definition) is 4. The molecule has 0 bridgehead atoms. The average Bonchev–Trinajstić information content (AvgIpc) is 3.17. The van der Waals surface area contributed by atoms with Gasteiger partial charge in [0.25, 0.3) is 0 Å². The molecule has 2 aliphatic rings. The maximum Gasteiger partial charge on any atom is 0.410 e. The maximum atomic E-state index is 12.5. The molecule has 1 amide bonds. The van der Waals surface area contributed by atoms with Crippen LogP contribution in [0.3, 0.4) is 0 Å². The molecule has 1 aromatic heterocycles. The van der Waals surface area contributed by atoms with Crippen LogP contribution in [0.5, 0.6) is 0 Å². The molecule has 1 aliphatic carbocycles. The van der Waals surface area contributed by atoms with Gasteiger partial charge in [-0.3, -0.25) is 9.67 Å². The number of carbonyl (C=O) groups is 1. The van der Waals surface area contributed by atoms with Crippen molar-refractivity contribution in [3.8, 4) is 0 Å². The second kappa shape index (κ2) is 9.05. The van der Waals surface area contributed by atoms with E-state index < -0.39 is 5.60 Å². The summed E-state index contributed by atoms with van der Waals surface area (Å²) in [5.41, 5.74) is 0.815. The molecule has 29 heavy (non-hydrogen) atoms. The number of nitrogens with zero attached hydrogens (tertiary/aromatic N) is 5. The summed E-state index contributed by atoms with van der Waals surface area (Å²) >= 11 is 0. The summed E-state index contributed by atoms with van der Waals surface area (Å²) in [5, 5.41) is 7.71. The van der Waals surface area contributed by atoms with Crippen LogP contribution in [0.1, 0.15) is 58.4 Å². The number of ether oxygens (including phenoxy) is 1. The van der Waals surface area contributed by atoms with E-state index in [1.165, 1.54) is 5.56 Å². The van der Waals surface area contributed by atoms with Gasteiger partial charge in [-0.15, -0.1) is 0 Å². The van der Waals surface area contributed by atoms with Gasteiger partial charge in [-0.25, -0.2) is 4.79 Å². The molecule has 2 fully saturated rings. The smallest absolute Gasteiger partial charge is 0.410 e. The first-order chi connectivity index (χ1) is 13.8. The summed E-state index contributed by atoms with van der Waals surface area (Å²) in [6.45, 7) is 11.7. The Kier molecular flexibility index (Phi) is 6.70. The number of amides is 1. The molecule has 0 spiro atoms. The van der Waals surface area contributed by atoms with E-state index in [0.29, 0.717) is 25.0 Å². The summed E-state index contributed by atoms with van der Waals surface area (Å²) < 4.78 is 7.44. The molecule has 1 N–H and O–H groups in total. The van der Waals surface area contributed by atoms with Gasteiger partial charge in [0, 0.05) is 51.4 Å². The van der Waals surface area contributed by atoms with Gasteiger partial charge in [-0.05, 0) is 52.5 Å². The highest BCUT2D eigenvalue weighted by Gasteiger charge is 2.35. The zero-order chi connectivity index (χ0) is 21.0. The lowest BCUT2D eigenvalue weighted by Gasteiger charge is -2.27. The van der Waals surface area contributed by atoms with Crippen LogP contribution in [0, 0.1) is 0 Å². The van der Waals surface area contributed by atoms with Gasteiger partial charge in [-0.2, -0.15) is 5.10 Å². The number of aliphatic imine (C=N–C) groups is 1. The fourth-order valence-electron chi connectivity index (χ4n) is 3.69. The van der Waals surface area contributed by atoms with Crippen LogP contribution in [-0.4, -0.2) is 76.0 Å². The van der Waals surface area contributed by atoms with Crippen LogP contribution in [0.4, 0.5) is 4.79 Å². The van der Waals surface area contributed by atoms with Crippen LogP contribution >= 0.6 is 0 Å². The Hall–Kier alpha value is -2.25. The molecule has 1 atom stereocenters. The number of hydrogen-bond donors (Lipinski definition) is 1. The van der Waals surface area contributed by atoms with Gasteiger partial charge in [-0.1, -0.05) is 0 Å². The molecular formula is C21H36N6O2. The van der Waals surface area contributed by atoms with Crippen molar-refractivity contribution in [1.29, 1.82) is 0 Å². The Morgan fingerprint density at radius 2 is 2.14 bits per heavy atom. The molecule has 0 aromatic carbocycles. The first kappa shape index (κ1) is 21.5. The molecule has 2 heterocycles. The van der Waals surface area contributed by atoms with Crippen molar-refractivity contribution in [2.24, 2.45) is 12.0 Å². The molecule has 0 radical (unpaired) electrons. The number of rotatable bonds is 6. The standard InChI is InChI=1S/C21H36N6O2/c1-6-22-19(26-11-9-16(15-26)17-13-24-25(5)14-17)23-10-12-27(18-7-8-18)20(28)29-21(2,3)4/h13-14,16,18H,6-12,15H2,1-5H3,(H,22,23). The van der Waals surface area contributed by atoms with Gasteiger partial charge >= 0.3 is 6.09 Å². The third-order valence-electron chi connectivity index (χ3n) is 5.24. The predicted octanol–water partition coefficient (Wildman–Crippen LogP) is 2.57. The Morgan fingerprint density at radius 1 is 1.38 bits per heavy atom. The highest BCUT2D eigenvalue weighted by atomic mass is 16.6. The maximum absolute atomic E-state index is 12.5. The predicted molar refractivity (Wildman–Crippen MR) is 114 cm³/mol. The van der Waals surface area contributed by atoms with Crippen molar-refractivity contribution in [3.63, 3.8) is 0 Å². The Balaban J connectivity index is 1.58. The first-order valence-electron chi connectivity index (χ1n) is 10.8. The van der Waals surface area contributed by atoms with Gasteiger partial charge < -0.3 is 19.9 Å².